The van der Waals surface area contributed by atoms with Gasteiger partial charge in [0.2, 0.25) is 6.10 Å². The highest BCUT2D eigenvalue weighted by atomic mass is 35.5. The van der Waals surface area contributed by atoms with Gasteiger partial charge in [-0.15, -0.1) is 0 Å². The summed E-state index contributed by atoms with van der Waals surface area (Å²) < 4.78 is 5.75. The van der Waals surface area contributed by atoms with Crippen LogP contribution in [0.4, 0.5) is 0 Å². The molecular weight excluding hydrogens is 417 g/mol. The molecule has 0 spiro atoms. The lowest BCUT2D eigenvalue weighted by molar-refractivity contribution is -0.150. The Hall–Kier alpha value is -1.99. The summed E-state index contributed by atoms with van der Waals surface area (Å²) in [6, 6.07) is 16.4. The number of esters is 1. The van der Waals surface area contributed by atoms with Gasteiger partial charge in [0.1, 0.15) is 10.6 Å². The molecule has 2 rings (SSSR count). The predicted octanol–water partition coefficient (Wildman–Crippen LogP) is 6.75. The van der Waals surface area contributed by atoms with Gasteiger partial charge in [0.05, 0.1) is 5.92 Å². The van der Waals surface area contributed by atoms with Crippen LogP contribution in [0.5, 0.6) is 0 Å². The van der Waals surface area contributed by atoms with Crippen LogP contribution in [0.3, 0.4) is 0 Å². The zero-order valence-corrected chi connectivity index (χ0v) is 17.8. The molecule has 6 heteroatoms. The molecule has 2 aromatic rings. The molecule has 0 amide bonds. The van der Waals surface area contributed by atoms with Crippen LogP contribution in [0.15, 0.2) is 59.1 Å². The van der Waals surface area contributed by atoms with E-state index in [1.165, 1.54) is 0 Å². The molecule has 0 aliphatic heterocycles. The average Bonchev–Trinajstić information content (AvgIpc) is 2.66. The molecule has 2 aromatic carbocycles. The van der Waals surface area contributed by atoms with Gasteiger partial charge >= 0.3 is 5.97 Å². The number of nitriles is 1. The molecule has 0 bridgehead atoms. The van der Waals surface area contributed by atoms with E-state index in [2.05, 4.69) is 6.07 Å². The first kappa shape index (κ1) is 22.3. The van der Waals surface area contributed by atoms with Gasteiger partial charge in [0.25, 0.3) is 0 Å². The number of hydrogen-bond donors (Lipinski definition) is 0. The first-order valence-corrected chi connectivity index (χ1v) is 9.90. The Kier molecular flexibility index (Phi) is 8.38. The van der Waals surface area contributed by atoms with Crippen LogP contribution in [0.1, 0.15) is 42.6 Å². The van der Waals surface area contributed by atoms with E-state index in [1.54, 1.807) is 42.5 Å². The van der Waals surface area contributed by atoms with Crippen molar-refractivity contribution in [2.24, 2.45) is 5.92 Å². The van der Waals surface area contributed by atoms with Crippen molar-refractivity contribution in [2.45, 2.75) is 32.3 Å². The van der Waals surface area contributed by atoms with Crippen molar-refractivity contribution in [3.63, 3.8) is 0 Å². The predicted molar refractivity (Wildman–Crippen MR) is 113 cm³/mol. The fourth-order valence-corrected chi connectivity index (χ4v) is 3.13. The summed E-state index contributed by atoms with van der Waals surface area (Å²) in [6.07, 6.45) is 1.27. The lowest BCUT2D eigenvalue weighted by atomic mass is 9.88. The van der Waals surface area contributed by atoms with E-state index in [0.29, 0.717) is 17.0 Å². The molecule has 28 heavy (non-hydrogen) atoms. The van der Waals surface area contributed by atoms with E-state index in [0.717, 1.165) is 11.1 Å². The Bertz CT molecular complexity index is 864. The number of rotatable bonds is 7. The maximum Gasteiger partial charge on any atom is 0.315 e. The number of nitrogens with zero attached hydrogens (tertiary/aromatic N) is 1. The molecular formula is C22H20Cl3NO2. The summed E-state index contributed by atoms with van der Waals surface area (Å²) in [6.45, 7) is 3.87. The molecule has 0 aromatic heterocycles. The average molecular weight is 437 g/mol. The number of benzene rings is 2. The summed E-state index contributed by atoms with van der Waals surface area (Å²) >= 11 is 17.2. The second-order valence-electron chi connectivity index (χ2n) is 6.66. The van der Waals surface area contributed by atoms with Gasteiger partial charge in [0, 0.05) is 10.6 Å². The molecule has 0 aliphatic rings. The van der Waals surface area contributed by atoms with Crippen LogP contribution in [0.2, 0.25) is 5.02 Å². The largest absolute Gasteiger partial charge is 0.441 e. The van der Waals surface area contributed by atoms with Crippen molar-refractivity contribution in [1.82, 2.24) is 0 Å². The topological polar surface area (TPSA) is 50.1 Å². The quantitative estimate of drug-likeness (QED) is 0.451. The fraction of sp³-hybridized carbons (Fsp3) is 0.273. The summed E-state index contributed by atoms with van der Waals surface area (Å²) in [4.78, 5) is 12.8. The summed E-state index contributed by atoms with van der Waals surface area (Å²) in [7, 11) is 0. The summed E-state index contributed by atoms with van der Waals surface area (Å²) in [5.74, 6) is -0.921. The number of carbonyl (C=O) groups excluding carboxylic acids is 1. The van der Waals surface area contributed by atoms with Gasteiger partial charge in [0.15, 0.2) is 0 Å². The minimum Gasteiger partial charge on any atom is -0.441 e. The first-order valence-electron chi connectivity index (χ1n) is 8.77. The molecule has 2 atom stereocenters. The number of carbonyl (C=O) groups is 1. The Morgan fingerprint density at radius 3 is 2.14 bits per heavy atom. The lowest BCUT2D eigenvalue weighted by Crippen LogP contribution is -2.22. The monoisotopic (exact) mass is 435 g/mol. The summed E-state index contributed by atoms with van der Waals surface area (Å²) in [5.41, 5.74) is 2.40. The van der Waals surface area contributed by atoms with Crippen LogP contribution in [-0.4, -0.2) is 5.97 Å². The van der Waals surface area contributed by atoms with Crippen molar-refractivity contribution in [1.29, 1.82) is 5.26 Å². The summed E-state index contributed by atoms with van der Waals surface area (Å²) in [5, 5.41) is 10.1. The molecule has 2 unspecified atom stereocenters. The Morgan fingerprint density at radius 1 is 1.07 bits per heavy atom. The smallest absolute Gasteiger partial charge is 0.315 e. The van der Waals surface area contributed by atoms with Crippen molar-refractivity contribution >= 4 is 40.8 Å². The molecule has 0 saturated carbocycles. The third-order valence-corrected chi connectivity index (χ3v) is 4.84. The van der Waals surface area contributed by atoms with Crippen molar-refractivity contribution in [3.8, 4) is 6.07 Å². The standard InChI is InChI=1S/C22H20Cl3NO2/c1-14(2)21(17-8-10-18(23)11-9-17)22(27)28-19(13-26)16-6-3-15(4-7-16)5-12-20(24)25/h3-4,6-12,14,19,21H,5H2,1-2H3. The van der Waals surface area contributed by atoms with E-state index < -0.39 is 18.0 Å². The highest BCUT2D eigenvalue weighted by molar-refractivity contribution is 6.55. The van der Waals surface area contributed by atoms with E-state index in [-0.39, 0.29) is 10.4 Å². The normalized spacial score (nSPS) is 12.8. The number of halogens is 3. The lowest BCUT2D eigenvalue weighted by Gasteiger charge is -2.22. The minimum absolute atomic E-state index is 0.00230. The fourth-order valence-electron chi connectivity index (χ4n) is 2.85. The first-order chi connectivity index (χ1) is 13.3. The van der Waals surface area contributed by atoms with Crippen LogP contribution < -0.4 is 0 Å². The molecule has 146 valence electrons. The van der Waals surface area contributed by atoms with Gasteiger partial charge in [-0.05, 0) is 41.7 Å². The minimum atomic E-state index is -0.984. The molecule has 0 N–H and O–H groups in total. The molecule has 0 radical (unpaired) electrons. The number of allylic oxidation sites excluding steroid dienone is 1. The zero-order valence-electron chi connectivity index (χ0n) is 15.5. The van der Waals surface area contributed by atoms with E-state index in [9.17, 15) is 10.1 Å². The third kappa shape index (κ3) is 6.27. The van der Waals surface area contributed by atoms with Gasteiger partial charge in [-0.1, -0.05) is 85.0 Å². The highest BCUT2D eigenvalue weighted by Gasteiger charge is 2.28. The van der Waals surface area contributed by atoms with Gasteiger partial charge in [-0.2, -0.15) is 5.26 Å². The highest BCUT2D eigenvalue weighted by Crippen LogP contribution is 2.29. The van der Waals surface area contributed by atoms with Crippen molar-refractivity contribution in [2.75, 3.05) is 0 Å². The Labute approximate surface area is 180 Å². The molecule has 0 heterocycles. The molecule has 0 saturated heterocycles. The van der Waals surface area contributed by atoms with Crippen LogP contribution >= 0.6 is 34.8 Å². The molecule has 3 nitrogen and oxygen atoms in total. The SMILES string of the molecule is CC(C)C(C(=O)OC(C#N)c1ccc(CC=C(Cl)Cl)cc1)c1ccc(Cl)cc1. The second kappa shape index (κ2) is 10.5. The molecule has 0 fully saturated rings. The van der Waals surface area contributed by atoms with Crippen molar-refractivity contribution < 1.29 is 9.53 Å². The number of ether oxygens (including phenoxy) is 1. The second-order valence-corrected chi connectivity index (χ2v) is 8.10. The number of hydrogen-bond acceptors (Lipinski definition) is 3. The third-order valence-electron chi connectivity index (χ3n) is 4.28. The Balaban J connectivity index is 2.16. The maximum absolute atomic E-state index is 12.8. The van der Waals surface area contributed by atoms with Crippen LogP contribution in [0, 0.1) is 17.2 Å². The Morgan fingerprint density at radius 2 is 1.64 bits per heavy atom. The maximum atomic E-state index is 12.8. The van der Waals surface area contributed by atoms with E-state index in [1.807, 2.05) is 26.0 Å². The van der Waals surface area contributed by atoms with E-state index >= 15 is 0 Å². The zero-order chi connectivity index (χ0) is 20.7. The van der Waals surface area contributed by atoms with Gasteiger partial charge in [-0.25, -0.2) is 0 Å². The van der Waals surface area contributed by atoms with E-state index in [4.69, 9.17) is 39.5 Å². The molecule has 0 aliphatic carbocycles. The van der Waals surface area contributed by atoms with Gasteiger partial charge in [-0.3, -0.25) is 4.79 Å². The van der Waals surface area contributed by atoms with Gasteiger partial charge < -0.3 is 4.74 Å². The van der Waals surface area contributed by atoms with Crippen LogP contribution in [0.25, 0.3) is 0 Å². The van der Waals surface area contributed by atoms with Crippen LogP contribution in [-0.2, 0) is 16.0 Å². The van der Waals surface area contributed by atoms with Crippen molar-refractivity contribution in [3.05, 3.63) is 80.8 Å².